The third kappa shape index (κ3) is 3.06. The third-order valence-corrected chi connectivity index (χ3v) is 5.08. The molecule has 1 heterocycles. The van der Waals surface area contributed by atoms with E-state index in [0.29, 0.717) is 5.54 Å². The van der Waals surface area contributed by atoms with E-state index in [0.717, 1.165) is 18.6 Å². The number of hydrogen-bond acceptors (Lipinski definition) is 3. The van der Waals surface area contributed by atoms with Gasteiger partial charge in [-0.2, -0.15) is 0 Å². The van der Waals surface area contributed by atoms with Gasteiger partial charge in [0.05, 0.1) is 0 Å². The Morgan fingerprint density at radius 3 is 2.50 bits per heavy atom. The van der Waals surface area contributed by atoms with Crippen LogP contribution >= 0.6 is 0 Å². The van der Waals surface area contributed by atoms with Gasteiger partial charge in [-0.25, -0.2) is 0 Å². The van der Waals surface area contributed by atoms with Gasteiger partial charge in [-0.3, -0.25) is 9.80 Å². The second-order valence-electron chi connectivity index (χ2n) is 6.85. The van der Waals surface area contributed by atoms with Gasteiger partial charge in [-0.15, -0.1) is 0 Å². The first-order valence-electron chi connectivity index (χ1n) is 7.66. The summed E-state index contributed by atoms with van der Waals surface area (Å²) in [6.45, 7) is 8.39. The molecule has 2 rings (SSSR count). The smallest absolute Gasteiger partial charge is 0.0278 e. The molecule has 1 aliphatic heterocycles. The molecule has 3 heteroatoms. The highest BCUT2D eigenvalue weighted by Crippen LogP contribution is 2.32. The van der Waals surface area contributed by atoms with E-state index in [-0.39, 0.29) is 0 Å². The van der Waals surface area contributed by atoms with Crippen molar-refractivity contribution in [3.8, 4) is 0 Å². The molecule has 0 spiro atoms. The number of nitrogens with zero attached hydrogens (tertiary/aromatic N) is 2. The van der Waals surface area contributed by atoms with E-state index in [1.807, 2.05) is 0 Å². The molecule has 0 bridgehead atoms. The van der Waals surface area contributed by atoms with Gasteiger partial charge in [0.1, 0.15) is 0 Å². The molecule has 0 amide bonds. The van der Waals surface area contributed by atoms with Crippen molar-refractivity contribution in [3.63, 3.8) is 0 Å². The minimum Gasteiger partial charge on any atom is -0.320 e. The summed E-state index contributed by atoms with van der Waals surface area (Å²) in [6, 6.07) is 1.61. The predicted molar refractivity (Wildman–Crippen MR) is 78.0 cm³/mol. The van der Waals surface area contributed by atoms with Crippen LogP contribution in [0, 0.1) is 0 Å². The van der Waals surface area contributed by atoms with Crippen LogP contribution in [0.3, 0.4) is 0 Å². The van der Waals surface area contributed by atoms with E-state index in [4.69, 9.17) is 0 Å². The zero-order chi connectivity index (χ0) is 13.2. The Bertz CT molecular complexity index is 258. The summed E-state index contributed by atoms with van der Waals surface area (Å²) in [7, 11) is 4.36. The van der Waals surface area contributed by atoms with Crippen LogP contribution < -0.4 is 5.32 Å². The van der Waals surface area contributed by atoms with Crippen molar-refractivity contribution in [1.29, 1.82) is 0 Å². The standard InChI is InChI=1S/C15H31N3/c1-15(2)12-18(13-7-5-6-8-13)14(9-10-16-3)11-17(15)4/h13-14,16H,5-12H2,1-4H3. The lowest BCUT2D eigenvalue weighted by molar-refractivity contribution is -0.0258. The molecular weight excluding hydrogens is 222 g/mol. The summed E-state index contributed by atoms with van der Waals surface area (Å²) in [5, 5.41) is 3.32. The van der Waals surface area contributed by atoms with E-state index < -0.39 is 0 Å². The van der Waals surface area contributed by atoms with Crippen molar-refractivity contribution in [2.24, 2.45) is 0 Å². The van der Waals surface area contributed by atoms with Gasteiger partial charge in [-0.05, 0) is 53.8 Å². The molecule has 1 saturated carbocycles. The fourth-order valence-corrected chi connectivity index (χ4v) is 3.60. The van der Waals surface area contributed by atoms with Crippen LogP contribution in [0.4, 0.5) is 0 Å². The zero-order valence-electron chi connectivity index (χ0n) is 12.7. The highest BCUT2D eigenvalue weighted by Gasteiger charge is 2.39. The highest BCUT2D eigenvalue weighted by atomic mass is 15.3. The van der Waals surface area contributed by atoms with Gasteiger partial charge in [0.25, 0.3) is 0 Å². The van der Waals surface area contributed by atoms with Crippen molar-refractivity contribution in [2.45, 2.75) is 63.6 Å². The molecule has 2 fully saturated rings. The summed E-state index contributed by atoms with van der Waals surface area (Å²) in [5.74, 6) is 0. The average molecular weight is 253 g/mol. The Labute approximate surface area is 113 Å². The van der Waals surface area contributed by atoms with Gasteiger partial charge in [-0.1, -0.05) is 12.8 Å². The van der Waals surface area contributed by atoms with Crippen LogP contribution in [0.15, 0.2) is 0 Å². The number of piperazine rings is 1. The fraction of sp³-hybridized carbons (Fsp3) is 1.00. The van der Waals surface area contributed by atoms with Crippen LogP contribution in [-0.2, 0) is 0 Å². The minimum atomic E-state index is 0.332. The van der Waals surface area contributed by atoms with Gasteiger partial charge < -0.3 is 5.32 Å². The number of rotatable bonds is 4. The van der Waals surface area contributed by atoms with E-state index in [9.17, 15) is 0 Å². The van der Waals surface area contributed by atoms with Crippen LogP contribution in [0.2, 0.25) is 0 Å². The molecule has 1 saturated heterocycles. The Hall–Kier alpha value is -0.120. The maximum absolute atomic E-state index is 3.32. The molecule has 18 heavy (non-hydrogen) atoms. The molecule has 106 valence electrons. The molecule has 0 aromatic rings. The van der Waals surface area contributed by atoms with Gasteiger partial charge >= 0.3 is 0 Å². The highest BCUT2D eigenvalue weighted by molar-refractivity contribution is 4.96. The van der Waals surface area contributed by atoms with Crippen molar-refractivity contribution in [1.82, 2.24) is 15.1 Å². The molecule has 2 aliphatic rings. The third-order valence-electron chi connectivity index (χ3n) is 5.08. The SMILES string of the molecule is CNCCC1CN(C)C(C)(C)CN1C1CCCC1. The Morgan fingerprint density at radius 1 is 1.22 bits per heavy atom. The molecule has 0 aromatic carbocycles. The fourth-order valence-electron chi connectivity index (χ4n) is 3.60. The average Bonchev–Trinajstić information content (AvgIpc) is 2.83. The van der Waals surface area contributed by atoms with Gasteiger partial charge in [0, 0.05) is 30.7 Å². The van der Waals surface area contributed by atoms with E-state index in [1.54, 1.807) is 0 Å². The molecule has 1 N–H and O–H groups in total. The summed E-state index contributed by atoms with van der Waals surface area (Å²) in [6.07, 6.45) is 7.02. The normalized spacial score (nSPS) is 31.0. The summed E-state index contributed by atoms with van der Waals surface area (Å²) < 4.78 is 0. The van der Waals surface area contributed by atoms with Crippen molar-refractivity contribution in [3.05, 3.63) is 0 Å². The number of nitrogens with one attached hydrogen (secondary N) is 1. The monoisotopic (exact) mass is 253 g/mol. The Morgan fingerprint density at radius 2 is 1.89 bits per heavy atom. The van der Waals surface area contributed by atoms with Crippen LogP contribution in [-0.4, -0.2) is 61.2 Å². The Balaban J connectivity index is 2.04. The molecular formula is C15H31N3. The maximum atomic E-state index is 3.32. The number of hydrogen-bond donors (Lipinski definition) is 1. The van der Waals surface area contributed by atoms with Crippen molar-refractivity contribution in [2.75, 3.05) is 33.7 Å². The summed E-state index contributed by atoms with van der Waals surface area (Å²) in [4.78, 5) is 5.39. The first-order valence-corrected chi connectivity index (χ1v) is 7.66. The summed E-state index contributed by atoms with van der Waals surface area (Å²) >= 11 is 0. The van der Waals surface area contributed by atoms with Crippen LogP contribution in [0.5, 0.6) is 0 Å². The van der Waals surface area contributed by atoms with E-state index in [1.165, 1.54) is 45.2 Å². The second kappa shape index (κ2) is 5.89. The number of likely N-dealkylation sites (N-methyl/N-ethyl adjacent to an activating group) is 1. The van der Waals surface area contributed by atoms with Crippen LogP contribution in [0.25, 0.3) is 0 Å². The predicted octanol–water partition coefficient (Wildman–Crippen LogP) is 1.93. The lowest BCUT2D eigenvalue weighted by Gasteiger charge is -2.52. The van der Waals surface area contributed by atoms with Crippen LogP contribution in [0.1, 0.15) is 46.0 Å². The Kier molecular flexibility index (Phi) is 4.68. The summed E-state index contributed by atoms with van der Waals surface area (Å²) in [5.41, 5.74) is 0.332. The van der Waals surface area contributed by atoms with Gasteiger partial charge in [0.2, 0.25) is 0 Å². The van der Waals surface area contributed by atoms with Gasteiger partial charge in [0.15, 0.2) is 0 Å². The minimum absolute atomic E-state index is 0.332. The lowest BCUT2D eigenvalue weighted by atomic mass is 9.93. The maximum Gasteiger partial charge on any atom is 0.0278 e. The molecule has 1 unspecified atom stereocenters. The first-order chi connectivity index (χ1) is 8.54. The van der Waals surface area contributed by atoms with Crippen molar-refractivity contribution < 1.29 is 0 Å². The molecule has 0 aromatic heterocycles. The lowest BCUT2D eigenvalue weighted by Crippen LogP contribution is -2.64. The van der Waals surface area contributed by atoms with E-state index >= 15 is 0 Å². The molecule has 1 aliphatic carbocycles. The van der Waals surface area contributed by atoms with E-state index in [2.05, 4.69) is 43.1 Å². The topological polar surface area (TPSA) is 18.5 Å². The van der Waals surface area contributed by atoms with Crippen molar-refractivity contribution >= 4 is 0 Å². The second-order valence-corrected chi connectivity index (χ2v) is 6.85. The molecule has 0 radical (unpaired) electrons. The first kappa shape index (κ1) is 14.3. The molecule has 1 atom stereocenters. The quantitative estimate of drug-likeness (QED) is 0.826. The zero-order valence-corrected chi connectivity index (χ0v) is 12.7. The molecule has 3 nitrogen and oxygen atoms in total. The largest absolute Gasteiger partial charge is 0.320 e.